The van der Waals surface area contributed by atoms with Crippen LogP contribution in [-0.2, 0) is 6.42 Å². The third-order valence-corrected chi connectivity index (χ3v) is 2.61. The van der Waals surface area contributed by atoms with Crippen LogP contribution in [-0.4, -0.2) is 30.0 Å². The number of pyridine rings is 1. The Morgan fingerprint density at radius 3 is 2.69 bits per heavy atom. The molecule has 0 bridgehead atoms. The molecule has 86 valence electrons. The fraction of sp³-hybridized carbons (Fsp3) is 0.538. The molecule has 0 unspecified atom stereocenters. The molecule has 0 saturated carbocycles. The highest BCUT2D eigenvalue weighted by atomic mass is 15.1. The lowest BCUT2D eigenvalue weighted by molar-refractivity contribution is 0.330. The molecule has 0 N–H and O–H groups in total. The van der Waals surface area contributed by atoms with Crippen molar-refractivity contribution in [1.29, 1.82) is 5.26 Å². The Balaban J connectivity index is 2.11. The number of hydrogen-bond acceptors (Lipinski definition) is 3. The van der Waals surface area contributed by atoms with Gasteiger partial charge in [-0.25, -0.2) is 0 Å². The van der Waals surface area contributed by atoms with E-state index in [9.17, 15) is 0 Å². The Morgan fingerprint density at radius 1 is 1.25 bits per heavy atom. The Bertz CT molecular complexity index is 316. The summed E-state index contributed by atoms with van der Waals surface area (Å²) in [6.45, 7) is 2.14. The van der Waals surface area contributed by atoms with Crippen molar-refractivity contribution in [2.45, 2.75) is 25.7 Å². The summed E-state index contributed by atoms with van der Waals surface area (Å²) in [4.78, 5) is 6.32. The monoisotopic (exact) mass is 217 g/mol. The van der Waals surface area contributed by atoms with Gasteiger partial charge in [-0.1, -0.05) is 0 Å². The highest BCUT2D eigenvalue weighted by Gasteiger charge is 1.99. The van der Waals surface area contributed by atoms with Gasteiger partial charge in [0.25, 0.3) is 0 Å². The molecule has 3 nitrogen and oxygen atoms in total. The SMILES string of the molecule is CN(CCCCC#N)CCc1ccncc1. The molecule has 0 saturated heterocycles. The first-order valence-corrected chi connectivity index (χ1v) is 5.77. The van der Waals surface area contributed by atoms with Crippen LogP contribution in [0.4, 0.5) is 0 Å². The average Bonchev–Trinajstić information content (AvgIpc) is 2.33. The van der Waals surface area contributed by atoms with Crippen molar-refractivity contribution < 1.29 is 0 Å². The highest BCUT2D eigenvalue weighted by Crippen LogP contribution is 2.01. The topological polar surface area (TPSA) is 39.9 Å². The first kappa shape index (κ1) is 12.7. The largest absolute Gasteiger partial charge is 0.306 e. The van der Waals surface area contributed by atoms with Gasteiger partial charge in [0.1, 0.15) is 0 Å². The molecule has 0 radical (unpaired) electrons. The second-order valence-electron chi connectivity index (χ2n) is 4.02. The number of hydrogen-bond donors (Lipinski definition) is 0. The van der Waals surface area contributed by atoms with E-state index in [1.807, 2.05) is 12.4 Å². The van der Waals surface area contributed by atoms with Gasteiger partial charge in [0.2, 0.25) is 0 Å². The van der Waals surface area contributed by atoms with Crippen LogP contribution in [0.3, 0.4) is 0 Å². The fourth-order valence-corrected chi connectivity index (χ4v) is 1.57. The minimum absolute atomic E-state index is 0.679. The minimum atomic E-state index is 0.679. The zero-order valence-corrected chi connectivity index (χ0v) is 9.89. The molecule has 0 amide bonds. The van der Waals surface area contributed by atoms with Gasteiger partial charge >= 0.3 is 0 Å². The maximum absolute atomic E-state index is 8.41. The quantitative estimate of drug-likeness (QED) is 0.658. The van der Waals surface area contributed by atoms with Crippen LogP contribution in [0.25, 0.3) is 0 Å². The van der Waals surface area contributed by atoms with Crippen molar-refractivity contribution in [2.24, 2.45) is 0 Å². The van der Waals surface area contributed by atoms with Crippen molar-refractivity contribution in [2.75, 3.05) is 20.1 Å². The summed E-state index contributed by atoms with van der Waals surface area (Å²) in [7, 11) is 2.13. The number of rotatable bonds is 7. The van der Waals surface area contributed by atoms with E-state index >= 15 is 0 Å². The van der Waals surface area contributed by atoms with Crippen molar-refractivity contribution in [3.63, 3.8) is 0 Å². The van der Waals surface area contributed by atoms with Gasteiger partial charge in [0.15, 0.2) is 0 Å². The molecule has 0 spiro atoms. The molecule has 0 atom stereocenters. The van der Waals surface area contributed by atoms with Gasteiger partial charge in [0, 0.05) is 25.4 Å². The first-order valence-electron chi connectivity index (χ1n) is 5.77. The third kappa shape index (κ3) is 5.47. The summed E-state index contributed by atoms with van der Waals surface area (Å²) in [5.41, 5.74) is 1.33. The Morgan fingerprint density at radius 2 is 2.00 bits per heavy atom. The molecule has 0 aromatic carbocycles. The van der Waals surface area contributed by atoms with E-state index in [0.717, 1.165) is 32.4 Å². The number of nitrogens with zero attached hydrogens (tertiary/aromatic N) is 3. The van der Waals surface area contributed by atoms with E-state index in [0.29, 0.717) is 6.42 Å². The van der Waals surface area contributed by atoms with Crippen LogP contribution in [0.15, 0.2) is 24.5 Å². The van der Waals surface area contributed by atoms with Gasteiger partial charge in [-0.15, -0.1) is 0 Å². The van der Waals surface area contributed by atoms with E-state index in [2.05, 4.69) is 35.1 Å². The van der Waals surface area contributed by atoms with Crippen LogP contribution in [0.1, 0.15) is 24.8 Å². The summed E-state index contributed by atoms with van der Waals surface area (Å²) in [5.74, 6) is 0. The molecular formula is C13H19N3. The summed E-state index contributed by atoms with van der Waals surface area (Å²) in [6.07, 6.45) is 7.54. The second-order valence-corrected chi connectivity index (χ2v) is 4.02. The van der Waals surface area contributed by atoms with Crippen molar-refractivity contribution in [3.8, 4) is 6.07 Å². The molecule has 16 heavy (non-hydrogen) atoms. The molecule has 0 aliphatic carbocycles. The Kier molecular flexibility index (Phi) is 6.20. The van der Waals surface area contributed by atoms with Crippen molar-refractivity contribution >= 4 is 0 Å². The zero-order valence-electron chi connectivity index (χ0n) is 9.89. The van der Waals surface area contributed by atoms with E-state index in [1.54, 1.807) is 0 Å². The van der Waals surface area contributed by atoms with Crippen molar-refractivity contribution in [3.05, 3.63) is 30.1 Å². The van der Waals surface area contributed by atoms with Crippen LogP contribution in [0.2, 0.25) is 0 Å². The lowest BCUT2D eigenvalue weighted by Gasteiger charge is -2.15. The Labute approximate surface area is 97.7 Å². The van der Waals surface area contributed by atoms with Crippen LogP contribution < -0.4 is 0 Å². The predicted molar refractivity (Wildman–Crippen MR) is 64.9 cm³/mol. The number of nitriles is 1. The summed E-state index contributed by atoms with van der Waals surface area (Å²) >= 11 is 0. The summed E-state index contributed by atoms with van der Waals surface area (Å²) in [6, 6.07) is 6.29. The maximum Gasteiger partial charge on any atom is 0.0621 e. The van der Waals surface area contributed by atoms with E-state index in [1.165, 1.54) is 5.56 Å². The minimum Gasteiger partial charge on any atom is -0.306 e. The predicted octanol–water partition coefficient (Wildman–Crippen LogP) is 2.25. The molecule has 1 heterocycles. The molecule has 0 aliphatic heterocycles. The fourth-order valence-electron chi connectivity index (χ4n) is 1.57. The number of unbranched alkanes of at least 4 members (excludes halogenated alkanes) is 2. The second kappa shape index (κ2) is 7.84. The lowest BCUT2D eigenvalue weighted by Crippen LogP contribution is -2.22. The first-order chi connectivity index (χ1) is 7.83. The van der Waals surface area contributed by atoms with Crippen LogP contribution in [0.5, 0.6) is 0 Å². The summed E-state index contributed by atoms with van der Waals surface area (Å²) < 4.78 is 0. The highest BCUT2D eigenvalue weighted by molar-refractivity contribution is 5.09. The summed E-state index contributed by atoms with van der Waals surface area (Å²) in [5, 5.41) is 8.41. The standard InChI is InChI=1S/C13H19N3/c1-16(11-4-2-3-8-14)12-7-13-5-9-15-10-6-13/h5-6,9-10H,2-4,7,11-12H2,1H3. The normalized spacial score (nSPS) is 10.3. The molecule has 0 fully saturated rings. The molecule has 3 heteroatoms. The van der Waals surface area contributed by atoms with Crippen LogP contribution >= 0.6 is 0 Å². The third-order valence-electron chi connectivity index (χ3n) is 2.61. The zero-order chi connectivity index (χ0) is 11.6. The number of aromatic nitrogens is 1. The van der Waals surface area contributed by atoms with E-state index < -0.39 is 0 Å². The van der Waals surface area contributed by atoms with Gasteiger partial charge in [-0.05, 0) is 50.6 Å². The Hall–Kier alpha value is -1.40. The van der Waals surface area contributed by atoms with Crippen LogP contribution in [0, 0.1) is 11.3 Å². The van der Waals surface area contributed by atoms with E-state index in [4.69, 9.17) is 5.26 Å². The van der Waals surface area contributed by atoms with Gasteiger partial charge in [-0.2, -0.15) is 5.26 Å². The molecule has 1 aromatic heterocycles. The molecule has 0 aliphatic rings. The average molecular weight is 217 g/mol. The lowest BCUT2D eigenvalue weighted by atomic mass is 10.2. The van der Waals surface area contributed by atoms with Gasteiger partial charge in [-0.3, -0.25) is 4.98 Å². The smallest absolute Gasteiger partial charge is 0.0621 e. The maximum atomic E-state index is 8.41. The molecular weight excluding hydrogens is 198 g/mol. The molecule has 1 aromatic rings. The van der Waals surface area contributed by atoms with E-state index in [-0.39, 0.29) is 0 Å². The van der Waals surface area contributed by atoms with Gasteiger partial charge < -0.3 is 4.90 Å². The van der Waals surface area contributed by atoms with Crippen molar-refractivity contribution in [1.82, 2.24) is 9.88 Å². The van der Waals surface area contributed by atoms with Gasteiger partial charge in [0.05, 0.1) is 6.07 Å². The molecule has 1 rings (SSSR count). The number of likely N-dealkylation sites (N-methyl/N-ethyl adjacent to an activating group) is 1.